The minimum atomic E-state index is 0.211. The average Bonchev–Trinajstić information content (AvgIpc) is 3.06. The molecule has 0 N–H and O–H groups in total. The summed E-state index contributed by atoms with van der Waals surface area (Å²) >= 11 is 0. The first kappa shape index (κ1) is 21.7. The van der Waals surface area contributed by atoms with Gasteiger partial charge in [-0.25, -0.2) is 0 Å². The fourth-order valence-electron chi connectivity index (χ4n) is 5.59. The highest BCUT2D eigenvalue weighted by Crippen LogP contribution is 2.39. The van der Waals surface area contributed by atoms with E-state index in [0.717, 1.165) is 63.6 Å². The van der Waals surface area contributed by atoms with E-state index in [4.69, 9.17) is 0 Å². The minimum absolute atomic E-state index is 0.211. The molecule has 166 valence electrons. The monoisotopic (exact) mass is 411 g/mol. The highest BCUT2D eigenvalue weighted by Gasteiger charge is 2.32. The molecular weight excluding hydrogens is 370 g/mol. The third-order valence-corrected chi connectivity index (χ3v) is 7.83. The number of anilines is 1. The summed E-state index contributed by atoms with van der Waals surface area (Å²) in [5, 5.41) is 0. The van der Waals surface area contributed by atoms with Gasteiger partial charge in [-0.1, -0.05) is 39.5 Å². The van der Waals surface area contributed by atoms with Gasteiger partial charge in [-0.2, -0.15) is 0 Å². The molecule has 1 amide bonds. The van der Waals surface area contributed by atoms with Crippen LogP contribution in [0.15, 0.2) is 24.3 Å². The van der Waals surface area contributed by atoms with Crippen molar-refractivity contribution in [2.24, 2.45) is 11.3 Å². The number of hydrogen-bond donors (Lipinski definition) is 0. The largest absolute Gasteiger partial charge is 0.369 e. The number of benzene rings is 1. The van der Waals surface area contributed by atoms with Gasteiger partial charge in [-0.15, -0.1) is 0 Å². The Bertz CT molecular complexity index is 677. The Morgan fingerprint density at radius 3 is 2.10 bits per heavy atom. The zero-order valence-electron chi connectivity index (χ0n) is 19.2. The van der Waals surface area contributed by atoms with Crippen LogP contribution in [-0.4, -0.2) is 61.5 Å². The topological polar surface area (TPSA) is 26.8 Å². The molecule has 3 aliphatic rings. The third-order valence-electron chi connectivity index (χ3n) is 7.83. The minimum Gasteiger partial charge on any atom is -0.369 e. The predicted molar refractivity (Wildman–Crippen MR) is 125 cm³/mol. The van der Waals surface area contributed by atoms with Crippen molar-refractivity contribution in [1.29, 1.82) is 0 Å². The molecule has 1 saturated carbocycles. The number of carbonyl (C=O) groups is 1. The Kier molecular flexibility index (Phi) is 7.02. The third kappa shape index (κ3) is 5.38. The summed E-state index contributed by atoms with van der Waals surface area (Å²) in [4.78, 5) is 20.0. The van der Waals surface area contributed by atoms with Gasteiger partial charge in [0.05, 0.1) is 0 Å². The summed E-state index contributed by atoms with van der Waals surface area (Å²) in [7, 11) is 0. The Balaban J connectivity index is 1.28. The van der Waals surface area contributed by atoms with Crippen LogP contribution in [0.5, 0.6) is 0 Å². The lowest BCUT2D eigenvalue weighted by Crippen LogP contribution is -2.50. The number of rotatable bonds is 4. The fourth-order valence-corrected chi connectivity index (χ4v) is 5.59. The van der Waals surface area contributed by atoms with Crippen molar-refractivity contribution in [3.8, 4) is 0 Å². The van der Waals surface area contributed by atoms with E-state index in [0.29, 0.717) is 5.41 Å². The molecular formula is C26H41N3O. The first-order valence-corrected chi connectivity index (χ1v) is 12.4. The summed E-state index contributed by atoms with van der Waals surface area (Å²) < 4.78 is 0. The van der Waals surface area contributed by atoms with E-state index < -0.39 is 0 Å². The number of nitrogens with zero attached hydrogens (tertiary/aromatic N) is 3. The second-order valence-electron chi connectivity index (χ2n) is 10.5. The van der Waals surface area contributed by atoms with Gasteiger partial charge in [0.1, 0.15) is 0 Å². The first-order chi connectivity index (χ1) is 14.5. The van der Waals surface area contributed by atoms with Crippen LogP contribution in [0.3, 0.4) is 0 Å². The van der Waals surface area contributed by atoms with Gasteiger partial charge in [-0.3, -0.25) is 9.69 Å². The molecule has 0 spiro atoms. The highest BCUT2D eigenvalue weighted by molar-refractivity contribution is 5.94. The van der Waals surface area contributed by atoms with Gasteiger partial charge in [-0.05, 0) is 61.3 Å². The van der Waals surface area contributed by atoms with Crippen LogP contribution < -0.4 is 4.90 Å². The van der Waals surface area contributed by atoms with Crippen molar-refractivity contribution >= 4 is 11.6 Å². The predicted octanol–water partition coefficient (Wildman–Crippen LogP) is 5.04. The zero-order valence-corrected chi connectivity index (χ0v) is 19.2. The normalized spacial score (nSPS) is 28.9. The Hall–Kier alpha value is -1.55. The molecule has 4 nitrogen and oxygen atoms in total. The second-order valence-corrected chi connectivity index (χ2v) is 10.5. The maximum Gasteiger partial charge on any atom is 0.253 e. The van der Waals surface area contributed by atoms with Crippen molar-refractivity contribution in [3.63, 3.8) is 0 Å². The lowest BCUT2D eigenvalue weighted by atomic mass is 9.72. The van der Waals surface area contributed by atoms with Crippen LogP contribution in [0.25, 0.3) is 0 Å². The van der Waals surface area contributed by atoms with Gasteiger partial charge in [0.2, 0.25) is 0 Å². The summed E-state index contributed by atoms with van der Waals surface area (Å²) in [6, 6.07) is 8.40. The molecule has 2 saturated heterocycles. The quantitative estimate of drug-likeness (QED) is 0.694. The van der Waals surface area contributed by atoms with E-state index in [-0.39, 0.29) is 5.91 Å². The van der Waals surface area contributed by atoms with Crippen LogP contribution in [-0.2, 0) is 0 Å². The Labute approximate surface area is 183 Å². The smallest absolute Gasteiger partial charge is 0.253 e. The molecule has 4 heteroatoms. The molecule has 0 bridgehead atoms. The van der Waals surface area contributed by atoms with Crippen LogP contribution in [0.2, 0.25) is 0 Å². The highest BCUT2D eigenvalue weighted by atomic mass is 16.2. The van der Waals surface area contributed by atoms with Gasteiger partial charge < -0.3 is 9.80 Å². The van der Waals surface area contributed by atoms with Gasteiger partial charge in [0, 0.05) is 57.1 Å². The molecule has 3 fully saturated rings. The van der Waals surface area contributed by atoms with Crippen molar-refractivity contribution in [2.45, 2.75) is 65.2 Å². The summed E-state index contributed by atoms with van der Waals surface area (Å²) in [5.74, 6) is 1.13. The summed E-state index contributed by atoms with van der Waals surface area (Å²) in [6.45, 7) is 12.5. The molecule has 0 unspecified atom stereocenters. The number of hydrogen-bond acceptors (Lipinski definition) is 3. The SMILES string of the molecule is CC1CCC(C)(CN2CCN(c3ccc(C(=O)N4CCCCCC4)cc3)CC2)CC1. The summed E-state index contributed by atoms with van der Waals surface area (Å²) in [5.41, 5.74) is 2.63. The molecule has 1 aliphatic carbocycles. The van der Waals surface area contributed by atoms with E-state index >= 15 is 0 Å². The molecule has 2 heterocycles. The number of piperazine rings is 1. The van der Waals surface area contributed by atoms with E-state index in [1.165, 1.54) is 50.8 Å². The van der Waals surface area contributed by atoms with Crippen LogP contribution >= 0.6 is 0 Å². The number of likely N-dealkylation sites (tertiary alicyclic amines) is 1. The lowest BCUT2D eigenvalue weighted by molar-refractivity contribution is 0.0761. The Morgan fingerprint density at radius 1 is 0.900 bits per heavy atom. The van der Waals surface area contributed by atoms with E-state index in [2.05, 4.69) is 35.8 Å². The van der Waals surface area contributed by atoms with E-state index in [9.17, 15) is 4.79 Å². The molecule has 0 atom stereocenters. The molecule has 0 radical (unpaired) electrons. The van der Waals surface area contributed by atoms with Gasteiger partial charge in [0.15, 0.2) is 0 Å². The zero-order chi connectivity index (χ0) is 21.0. The van der Waals surface area contributed by atoms with E-state index in [1.807, 2.05) is 17.0 Å². The van der Waals surface area contributed by atoms with Crippen LogP contribution in [0, 0.1) is 11.3 Å². The first-order valence-electron chi connectivity index (χ1n) is 12.4. The van der Waals surface area contributed by atoms with Crippen LogP contribution in [0.4, 0.5) is 5.69 Å². The maximum absolute atomic E-state index is 12.8. The second kappa shape index (κ2) is 9.72. The number of amides is 1. The fraction of sp³-hybridized carbons (Fsp3) is 0.731. The summed E-state index contributed by atoms with van der Waals surface area (Å²) in [6.07, 6.45) is 10.4. The maximum atomic E-state index is 12.8. The molecule has 4 rings (SSSR count). The van der Waals surface area contributed by atoms with Crippen molar-refractivity contribution in [2.75, 3.05) is 50.7 Å². The molecule has 2 aliphatic heterocycles. The standard InChI is InChI=1S/C26H41N3O/c1-22-11-13-26(2,14-12-22)21-27-17-19-28(20-18-27)24-9-7-23(8-10-24)25(30)29-15-5-3-4-6-16-29/h7-10,22H,3-6,11-21H2,1-2H3. The molecule has 1 aromatic carbocycles. The molecule has 0 aromatic heterocycles. The molecule has 30 heavy (non-hydrogen) atoms. The number of carbonyl (C=O) groups excluding carboxylic acids is 1. The van der Waals surface area contributed by atoms with Crippen molar-refractivity contribution in [1.82, 2.24) is 9.80 Å². The van der Waals surface area contributed by atoms with Gasteiger partial charge in [0.25, 0.3) is 5.91 Å². The van der Waals surface area contributed by atoms with Crippen LogP contribution in [0.1, 0.15) is 75.6 Å². The molecule has 1 aromatic rings. The average molecular weight is 412 g/mol. The van der Waals surface area contributed by atoms with E-state index in [1.54, 1.807) is 0 Å². The lowest BCUT2D eigenvalue weighted by Gasteiger charge is -2.43. The van der Waals surface area contributed by atoms with Crippen molar-refractivity contribution in [3.05, 3.63) is 29.8 Å². The van der Waals surface area contributed by atoms with Gasteiger partial charge >= 0.3 is 0 Å². The van der Waals surface area contributed by atoms with Crippen molar-refractivity contribution < 1.29 is 4.79 Å². The Morgan fingerprint density at radius 2 is 1.50 bits per heavy atom.